The quantitative estimate of drug-likeness (QED) is 0.627. The van der Waals surface area contributed by atoms with E-state index in [2.05, 4.69) is 49.6 Å². The van der Waals surface area contributed by atoms with Crippen LogP contribution in [0.4, 0.5) is 5.82 Å². The van der Waals surface area contributed by atoms with Crippen molar-refractivity contribution in [1.82, 2.24) is 14.5 Å². The summed E-state index contributed by atoms with van der Waals surface area (Å²) in [6, 6.07) is 3.58. The van der Waals surface area contributed by atoms with Gasteiger partial charge in [-0.05, 0) is 63.5 Å². The van der Waals surface area contributed by atoms with Crippen molar-refractivity contribution >= 4 is 40.3 Å². The zero-order chi connectivity index (χ0) is 19.7. The highest BCUT2D eigenvalue weighted by Gasteiger charge is 2.31. The van der Waals surface area contributed by atoms with E-state index in [0.29, 0.717) is 34.6 Å². The van der Waals surface area contributed by atoms with Gasteiger partial charge in [-0.25, -0.2) is 9.97 Å². The van der Waals surface area contributed by atoms with Crippen LogP contribution in [0.25, 0.3) is 11.2 Å². The summed E-state index contributed by atoms with van der Waals surface area (Å²) in [6.45, 7) is 12.8. The monoisotopic (exact) mass is 404 g/mol. The first-order valence-electron chi connectivity index (χ1n) is 9.10. The van der Waals surface area contributed by atoms with Crippen molar-refractivity contribution in [3.8, 4) is 0 Å². The van der Waals surface area contributed by atoms with Gasteiger partial charge in [-0.3, -0.25) is 9.36 Å². The minimum Gasteiger partial charge on any atom is -0.361 e. The van der Waals surface area contributed by atoms with Crippen molar-refractivity contribution in [2.24, 2.45) is 5.92 Å². The van der Waals surface area contributed by atoms with Crippen molar-refractivity contribution in [3.63, 3.8) is 0 Å². The van der Waals surface area contributed by atoms with Gasteiger partial charge < -0.3 is 5.32 Å². The van der Waals surface area contributed by atoms with Crippen LogP contribution in [-0.2, 0) is 0 Å². The molecule has 3 rings (SSSR count). The molecule has 0 bridgehead atoms. The lowest BCUT2D eigenvalue weighted by Crippen LogP contribution is -2.29. The molecule has 0 aromatic carbocycles. The standard InChI is InChI=1S/C20H25ClN4OS/c1-11(2)14(5)27-12(3)10-22-18-20(26)25(13(4)15-6-7-15)19-16(23-18)8-9-17(21)24-19/h8-9,13,15H,3,6-7,10H2,1-2,4-5H3,(H,22,23). The summed E-state index contributed by atoms with van der Waals surface area (Å²) in [7, 11) is 0. The normalized spacial score (nSPS) is 14.9. The fraction of sp³-hybridized carbons (Fsp3) is 0.450. The van der Waals surface area contributed by atoms with Gasteiger partial charge in [0.2, 0.25) is 0 Å². The summed E-state index contributed by atoms with van der Waals surface area (Å²) >= 11 is 7.69. The van der Waals surface area contributed by atoms with Crippen molar-refractivity contribution in [1.29, 1.82) is 0 Å². The van der Waals surface area contributed by atoms with Gasteiger partial charge in [-0.15, -0.1) is 0 Å². The molecule has 144 valence electrons. The molecule has 1 atom stereocenters. The maximum atomic E-state index is 13.1. The third-order valence-corrected chi connectivity index (χ3v) is 6.23. The summed E-state index contributed by atoms with van der Waals surface area (Å²) in [5, 5.41) is 3.53. The molecular weight excluding hydrogens is 380 g/mol. The highest BCUT2D eigenvalue weighted by molar-refractivity contribution is 8.06. The minimum absolute atomic E-state index is 0.0695. The Bertz CT molecular complexity index is 974. The van der Waals surface area contributed by atoms with Crippen molar-refractivity contribution in [3.05, 3.63) is 49.6 Å². The van der Waals surface area contributed by atoms with Gasteiger partial charge in [0.25, 0.3) is 5.56 Å². The average molecular weight is 405 g/mol. The highest BCUT2D eigenvalue weighted by atomic mass is 35.5. The fourth-order valence-corrected chi connectivity index (χ4v) is 3.80. The Morgan fingerprint density at radius 3 is 2.70 bits per heavy atom. The van der Waals surface area contributed by atoms with Gasteiger partial charge in [0.15, 0.2) is 11.5 Å². The molecule has 5 nitrogen and oxygen atoms in total. The van der Waals surface area contributed by atoms with E-state index in [9.17, 15) is 4.79 Å². The number of allylic oxidation sites excluding steroid dienone is 2. The molecule has 7 heteroatoms. The van der Waals surface area contributed by atoms with E-state index < -0.39 is 0 Å². The summed E-state index contributed by atoms with van der Waals surface area (Å²) in [4.78, 5) is 24.1. The van der Waals surface area contributed by atoms with Gasteiger partial charge in [0.1, 0.15) is 10.7 Å². The number of aromatic nitrogens is 3. The van der Waals surface area contributed by atoms with E-state index in [-0.39, 0.29) is 11.6 Å². The summed E-state index contributed by atoms with van der Waals surface area (Å²) in [6.07, 6.45) is 2.27. The molecule has 2 aromatic heterocycles. The number of nitrogens with one attached hydrogen (secondary N) is 1. The predicted molar refractivity (Wildman–Crippen MR) is 116 cm³/mol. The van der Waals surface area contributed by atoms with Crippen LogP contribution in [0.15, 0.2) is 38.9 Å². The Kier molecular flexibility index (Phi) is 5.96. The van der Waals surface area contributed by atoms with E-state index in [1.165, 1.54) is 10.5 Å². The SMILES string of the molecule is C=C(CNc1nc2ccc(Cl)nc2n(C(C)C2CC2)c1=O)SC(C)=C(C)C. The van der Waals surface area contributed by atoms with Gasteiger partial charge in [0, 0.05) is 17.5 Å². The van der Waals surface area contributed by atoms with E-state index in [0.717, 1.165) is 17.7 Å². The van der Waals surface area contributed by atoms with Crippen molar-refractivity contribution in [2.45, 2.75) is 46.6 Å². The van der Waals surface area contributed by atoms with Crippen molar-refractivity contribution in [2.75, 3.05) is 11.9 Å². The molecule has 1 saturated carbocycles. The Morgan fingerprint density at radius 2 is 2.07 bits per heavy atom. The van der Waals surface area contributed by atoms with Gasteiger partial charge in [-0.1, -0.05) is 35.5 Å². The molecule has 27 heavy (non-hydrogen) atoms. The van der Waals surface area contributed by atoms with E-state index in [4.69, 9.17) is 11.6 Å². The molecule has 0 aliphatic heterocycles. The number of hydrogen-bond acceptors (Lipinski definition) is 5. The third kappa shape index (κ3) is 4.55. The highest BCUT2D eigenvalue weighted by Crippen LogP contribution is 2.39. The molecule has 1 unspecified atom stereocenters. The molecule has 1 aliphatic rings. The molecule has 0 amide bonds. The first-order chi connectivity index (χ1) is 12.8. The lowest BCUT2D eigenvalue weighted by molar-refractivity contribution is 0.483. The fourth-order valence-electron chi connectivity index (χ4n) is 2.88. The van der Waals surface area contributed by atoms with Crippen LogP contribution < -0.4 is 10.9 Å². The molecule has 2 heterocycles. The van der Waals surface area contributed by atoms with Crippen LogP contribution in [0.3, 0.4) is 0 Å². The summed E-state index contributed by atoms with van der Waals surface area (Å²) < 4.78 is 1.74. The number of rotatable bonds is 7. The molecule has 2 aromatic rings. The van der Waals surface area contributed by atoms with E-state index in [1.807, 2.05) is 6.07 Å². The maximum Gasteiger partial charge on any atom is 0.295 e. The third-order valence-electron chi connectivity index (χ3n) is 4.87. The Morgan fingerprint density at radius 1 is 1.37 bits per heavy atom. The van der Waals surface area contributed by atoms with Crippen LogP contribution in [0.5, 0.6) is 0 Å². The van der Waals surface area contributed by atoms with E-state index in [1.54, 1.807) is 22.4 Å². The van der Waals surface area contributed by atoms with Crippen LogP contribution in [0, 0.1) is 5.92 Å². The average Bonchev–Trinajstić information content (AvgIpc) is 3.44. The zero-order valence-electron chi connectivity index (χ0n) is 16.2. The Balaban J connectivity index is 1.93. The second-order valence-corrected chi connectivity index (χ2v) is 9.02. The van der Waals surface area contributed by atoms with Gasteiger partial charge in [-0.2, -0.15) is 0 Å². The smallest absolute Gasteiger partial charge is 0.295 e. The largest absolute Gasteiger partial charge is 0.361 e. The Hall–Kier alpha value is -1.79. The summed E-state index contributed by atoms with van der Waals surface area (Å²) in [5.74, 6) is 0.837. The number of pyridine rings is 1. The molecule has 0 saturated heterocycles. The molecule has 0 radical (unpaired) electrons. The van der Waals surface area contributed by atoms with Gasteiger partial charge >= 0.3 is 0 Å². The first kappa shape index (κ1) is 20.0. The van der Waals surface area contributed by atoms with E-state index >= 15 is 0 Å². The van der Waals surface area contributed by atoms with Crippen molar-refractivity contribution < 1.29 is 0 Å². The topological polar surface area (TPSA) is 59.8 Å². The molecular formula is C20H25ClN4OS. The molecule has 0 spiro atoms. The number of fused-ring (bicyclic) bond motifs is 1. The maximum absolute atomic E-state index is 13.1. The van der Waals surface area contributed by atoms with Crippen LogP contribution >= 0.6 is 23.4 Å². The predicted octanol–water partition coefficient (Wildman–Crippen LogP) is 5.39. The van der Waals surface area contributed by atoms with Gasteiger partial charge in [0.05, 0.1) is 0 Å². The second kappa shape index (κ2) is 8.07. The van der Waals surface area contributed by atoms with Crippen LogP contribution in [0.1, 0.15) is 46.6 Å². The zero-order valence-corrected chi connectivity index (χ0v) is 17.7. The number of anilines is 1. The number of nitrogens with zero attached hydrogens (tertiary/aromatic N) is 3. The minimum atomic E-state index is -0.159. The molecule has 1 fully saturated rings. The van der Waals surface area contributed by atoms with Crippen LogP contribution in [0.2, 0.25) is 5.15 Å². The lowest BCUT2D eigenvalue weighted by atomic mass is 10.2. The summed E-state index contributed by atoms with van der Waals surface area (Å²) in [5.41, 5.74) is 2.31. The lowest BCUT2D eigenvalue weighted by Gasteiger charge is -2.18. The number of hydrogen-bond donors (Lipinski definition) is 1. The molecule has 1 N–H and O–H groups in total. The second-order valence-electron chi connectivity index (χ2n) is 7.24. The number of halogens is 1. The number of thioether (sulfide) groups is 1. The van der Waals surface area contributed by atoms with Crippen LogP contribution in [-0.4, -0.2) is 21.1 Å². The Labute approximate surface area is 168 Å². The first-order valence-corrected chi connectivity index (χ1v) is 10.3. The molecule has 1 aliphatic carbocycles.